The third-order valence-corrected chi connectivity index (χ3v) is 7.12. The number of carbonyl (C=O) groups excluding carboxylic acids is 1. The van der Waals surface area contributed by atoms with Gasteiger partial charge in [0, 0.05) is 17.1 Å². The van der Waals surface area contributed by atoms with Crippen LogP contribution in [0.4, 0.5) is 5.00 Å². The smallest absolute Gasteiger partial charge is 0.256 e. The number of thiophene rings is 1. The Labute approximate surface area is 181 Å². The summed E-state index contributed by atoms with van der Waals surface area (Å²) in [6.45, 7) is 0. The maximum absolute atomic E-state index is 12.5. The van der Waals surface area contributed by atoms with Gasteiger partial charge in [-0.25, -0.2) is 4.98 Å². The van der Waals surface area contributed by atoms with E-state index in [0.717, 1.165) is 34.4 Å². The van der Waals surface area contributed by atoms with Crippen LogP contribution in [0.1, 0.15) is 23.1 Å². The van der Waals surface area contributed by atoms with E-state index in [1.165, 1.54) is 34.2 Å². The molecule has 0 saturated carbocycles. The van der Waals surface area contributed by atoms with Crippen molar-refractivity contribution in [2.45, 2.75) is 24.5 Å². The molecule has 5 rings (SSSR count). The Hall–Kier alpha value is -3.08. The molecule has 2 aromatic heterocycles. The number of amides is 1. The highest BCUT2D eigenvalue weighted by Crippen LogP contribution is 2.44. The number of nitriles is 1. The van der Waals surface area contributed by atoms with Crippen LogP contribution in [0.3, 0.4) is 0 Å². The topological polar surface area (TPSA) is 78.9 Å². The summed E-state index contributed by atoms with van der Waals surface area (Å²) in [6.07, 6.45) is 2.06. The molecule has 0 atom stereocenters. The average Bonchev–Trinajstić information content (AvgIpc) is 3.34. The molecule has 0 radical (unpaired) electrons. The molecule has 0 spiro atoms. The summed E-state index contributed by atoms with van der Waals surface area (Å²) >= 11 is 2.91. The Kier molecular flexibility index (Phi) is 5.03. The van der Waals surface area contributed by atoms with Gasteiger partial charge in [-0.1, -0.05) is 48.2 Å². The number of benzene rings is 2. The van der Waals surface area contributed by atoms with Crippen molar-refractivity contribution in [3.8, 4) is 16.5 Å². The molecule has 4 aromatic rings. The molecule has 148 valence electrons. The highest BCUT2D eigenvalue weighted by Gasteiger charge is 2.25. The Bertz CT molecular complexity index is 1270. The predicted octanol–water partition coefficient (Wildman–Crippen LogP) is 5.65. The lowest BCUT2D eigenvalue weighted by Gasteiger charge is -2.15. The van der Waals surface area contributed by atoms with Crippen molar-refractivity contribution in [2.24, 2.45) is 0 Å². The normalized spacial score (nSPS) is 12.2. The number of rotatable bonds is 5. The lowest BCUT2D eigenvalue weighted by molar-refractivity contribution is -0.115. The Morgan fingerprint density at radius 2 is 2.03 bits per heavy atom. The summed E-state index contributed by atoms with van der Waals surface area (Å²) in [4.78, 5) is 18.0. The zero-order valence-corrected chi connectivity index (χ0v) is 17.6. The van der Waals surface area contributed by atoms with Crippen LogP contribution in [0, 0.1) is 11.3 Å². The minimum absolute atomic E-state index is 0.109. The fraction of sp³-hybridized carbons (Fsp3) is 0.174. The second kappa shape index (κ2) is 7.98. The van der Waals surface area contributed by atoms with E-state index in [1.807, 2.05) is 36.4 Å². The molecule has 1 amide bonds. The number of aryl methyl sites for hydroxylation is 1. The minimum Gasteiger partial charge on any atom is -0.431 e. The van der Waals surface area contributed by atoms with Crippen LogP contribution < -0.4 is 5.32 Å². The second-order valence-electron chi connectivity index (χ2n) is 6.98. The maximum Gasteiger partial charge on any atom is 0.256 e. The molecule has 0 unspecified atom stereocenters. The van der Waals surface area contributed by atoms with E-state index in [0.29, 0.717) is 28.0 Å². The quantitative estimate of drug-likeness (QED) is 0.413. The summed E-state index contributed by atoms with van der Waals surface area (Å²) < 4.78 is 5.67. The molecule has 2 heterocycles. The number of anilines is 1. The zero-order chi connectivity index (χ0) is 20.5. The van der Waals surface area contributed by atoms with E-state index < -0.39 is 0 Å². The summed E-state index contributed by atoms with van der Waals surface area (Å²) in [5.41, 5.74) is 5.68. The molecule has 0 bridgehead atoms. The van der Waals surface area contributed by atoms with Crippen LogP contribution in [0.25, 0.3) is 21.5 Å². The van der Waals surface area contributed by atoms with Gasteiger partial charge < -0.3 is 9.73 Å². The van der Waals surface area contributed by atoms with Gasteiger partial charge in [-0.05, 0) is 41.7 Å². The van der Waals surface area contributed by atoms with E-state index in [-0.39, 0.29) is 5.91 Å². The third-order valence-electron chi connectivity index (χ3n) is 5.11. The number of thioether (sulfide) groups is 1. The first kappa shape index (κ1) is 18.9. The van der Waals surface area contributed by atoms with Gasteiger partial charge in [-0.2, -0.15) is 5.26 Å². The van der Waals surface area contributed by atoms with Crippen molar-refractivity contribution >= 4 is 45.1 Å². The van der Waals surface area contributed by atoms with E-state index in [9.17, 15) is 10.1 Å². The van der Waals surface area contributed by atoms with Crippen molar-refractivity contribution in [3.05, 3.63) is 65.2 Å². The van der Waals surface area contributed by atoms with Crippen LogP contribution in [0.5, 0.6) is 0 Å². The lowest BCUT2D eigenvalue weighted by Crippen LogP contribution is -2.12. The summed E-state index contributed by atoms with van der Waals surface area (Å²) in [5.74, 6) is 0.441. The molecule has 1 aliphatic carbocycles. The number of para-hydroxylation sites is 2. The van der Waals surface area contributed by atoms with Gasteiger partial charge in [-0.15, -0.1) is 11.3 Å². The van der Waals surface area contributed by atoms with E-state index in [2.05, 4.69) is 28.5 Å². The zero-order valence-electron chi connectivity index (χ0n) is 16.0. The van der Waals surface area contributed by atoms with Crippen molar-refractivity contribution in [2.75, 3.05) is 11.1 Å². The molecular formula is C23H17N3O2S2. The van der Waals surface area contributed by atoms with E-state index in [1.54, 1.807) is 0 Å². The number of carbonyl (C=O) groups is 1. The average molecular weight is 432 g/mol. The highest BCUT2D eigenvalue weighted by molar-refractivity contribution is 7.99. The third kappa shape index (κ3) is 3.49. The predicted molar refractivity (Wildman–Crippen MR) is 120 cm³/mol. The highest BCUT2D eigenvalue weighted by atomic mass is 32.2. The molecule has 30 heavy (non-hydrogen) atoms. The Morgan fingerprint density at radius 3 is 2.90 bits per heavy atom. The Balaban J connectivity index is 1.27. The summed E-state index contributed by atoms with van der Waals surface area (Å²) in [7, 11) is 0. The van der Waals surface area contributed by atoms with E-state index in [4.69, 9.17) is 4.42 Å². The fourth-order valence-corrected chi connectivity index (χ4v) is 5.73. The van der Waals surface area contributed by atoms with Crippen LogP contribution in [0.15, 0.2) is 58.2 Å². The largest absolute Gasteiger partial charge is 0.431 e. The first-order valence-corrected chi connectivity index (χ1v) is 11.5. The number of nitrogens with one attached hydrogen (secondary N) is 1. The van der Waals surface area contributed by atoms with Gasteiger partial charge in [0.05, 0.1) is 5.56 Å². The van der Waals surface area contributed by atoms with Crippen LogP contribution >= 0.6 is 23.1 Å². The molecule has 0 saturated heterocycles. The maximum atomic E-state index is 12.5. The Morgan fingerprint density at radius 1 is 1.20 bits per heavy atom. The van der Waals surface area contributed by atoms with Crippen molar-refractivity contribution in [3.63, 3.8) is 0 Å². The minimum atomic E-state index is -0.109. The molecule has 2 aromatic carbocycles. The van der Waals surface area contributed by atoms with Crippen molar-refractivity contribution < 1.29 is 9.21 Å². The fourth-order valence-electron chi connectivity index (χ4n) is 3.68. The molecule has 1 aliphatic rings. The molecule has 1 N–H and O–H groups in total. The number of hydrogen-bond donors (Lipinski definition) is 1. The number of fused-ring (bicyclic) bond motifs is 4. The van der Waals surface area contributed by atoms with Crippen LogP contribution in [-0.4, -0.2) is 16.6 Å². The van der Waals surface area contributed by atoms with Gasteiger partial charge in [-0.3, -0.25) is 4.79 Å². The molecule has 5 nitrogen and oxygen atoms in total. The number of hydrogen-bond acceptors (Lipinski definition) is 6. The monoisotopic (exact) mass is 431 g/mol. The van der Waals surface area contributed by atoms with Gasteiger partial charge in [0.2, 0.25) is 5.91 Å². The van der Waals surface area contributed by atoms with Gasteiger partial charge in [0.15, 0.2) is 5.58 Å². The van der Waals surface area contributed by atoms with Crippen molar-refractivity contribution in [1.29, 1.82) is 5.26 Å². The van der Waals surface area contributed by atoms with Gasteiger partial charge in [0.25, 0.3) is 5.22 Å². The first-order chi connectivity index (χ1) is 14.7. The number of aromatic nitrogens is 1. The first-order valence-electron chi connectivity index (χ1n) is 9.65. The molecule has 7 heteroatoms. The molecule has 0 fully saturated rings. The van der Waals surface area contributed by atoms with E-state index >= 15 is 0 Å². The standard InChI is InChI=1S/C23H17N3O2S2/c24-13-17-16-10-9-14-5-1-2-6-15(14)21(16)30-22(17)26-20(27)11-12-29-23-25-18-7-3-4-8-19(18)28-23/h1-8H,9-12H2,(H,26,27). The van der Waals surface area contributed by atoms with Crippen LogP contribution in [0.2, 0.25) is 0 Å². The van der Waals surface area contributed by atoms with Gasteiger partial charge in [0.1, 0.15) is 16.6 Å². The van der Waals surface area contributed by atoms with Gasteiger partial charge >= 0.3 is 0 Å². The molecule has 0 aliphatic heterocycles. The summed E-state index contributed by atoms with van der Waals surface area (Å²) in [5, 5.41) is 13.9. The summed E-state index contributed by atoms with van der Waals surface area (Å²) in [6, 6.07) is 18.2. The molecular weight excluding hydrogens is 414 g/mol. The second-order valence-corrected chi connectivity index (χ2v) is 9.04. The number of nitrogens with zero attached hydrogens (tertiary/aromatic N) is 2. The van der Waals surface area contributed by atoms with Crippen LogP contribution in [-0.2, 0) is 17.6 Å². The SMILES string of the molecule is N#Cc1c(NC(=O)CCSc2nc3ccccc3o2)sc2c1CCc1ccccc1-2. The number of oxazole rings is 1. The lowest BCUT2D eigenvalue weighted by atomic mass is 9.90. The van der Waals surface area contributed by atoms with Crippen molar-refractivity contribution in [1.82, 2.24) is 4.98 Å².